The maximum Gasteiger partial charge on any atom is 0.0107 e. The van der Waals surface area contributed by atoms with Crippen LogP contribution in [0.2, 0.25) is 0 Å². The molecule has 0 fully saturated rings. The van der Waals surface area contributed by atoms with Crippen LogP contribution in [0.4, 0.5) is 0 Å². The maximum atomic E-state index is 3.60. The first-order valence-corrected chi connectivity index (χ1v) is 6.70. The van der Waals surface area contributed by atoms with Crippen LogP contribution in [0, 0.1) is 0 Å². The molecule has 0 amide bonds. The Hall–Kier alpha value is -0.0800. The topological polar surface area (TPSA) is 15.3 Å². The van der Waals surface area contributed by atoms with E-state index in [1.165, 1.54) is 45.3 Å². The highest BCUT2D eigenvalue weighted by atomic mass is 15.1. The Balaban J connectivity index is 3.33. The molecule has 1 N–H and O–H groups in total. The highest BCUT2D eigenvalue weighted by molar-refractivity contribution is 4.62. The molecule has 2 nitrogen and oxygen atoms in total. The summed E-state index contributed by atoms with van der Waals surface area (Å²) < 4.78 is 0. The van der Waals surface area contributed by atoms with Gasteiger partial charge < -0.3 is 10.2 Å². The second-order valence-corrected chi connectivity index (χ2v) is 4.38. The van der Waals surface area contributed by atoms with Crippen molar-refractivity contribution in [1.82, 2.24) is 10.2 Å². The van der Waals surface area contributed by atoms with Crippen molar-refractivity contribution in [1.29, 1.82) is 0 Å². The van der Waals surface area contributed by atoms with Gasteiger partial charge in [-0.05, 0) is 26.4 Å². The molecule has 0 rings (SSSR count). The number of hydrogen-bond donors (Lipinski definition) is 1. The van der Waals surface area contributed by atoms with Gasteiger partial charge in [0.05, 0.1) is 0 Å². The van der Waals surface area contributed by atoms with Crippen molar-refractivity contribution in [3.05, 3.63) is 0 Å². The van der Waals surface area contributed by atoms with Crippen LogP contribution in [-0.2, 0) is 0 Å². The van der Waals surface area contributed by atoms with Gasteiger partial charge >= 0.3 is 0 Å². The molecule has 0 saturated carbocycles. The third-order valence-electron chi connectivity index (χ3n) is 3.06. The lowest BCUT2D eigenvalue weighted by Crippen LogP contribution is -2.35. The van der Waals surface area contributed by atoms with Crippen LogP contribution < -0.4 is 5.32 Å². The lowest BCUT2D eigenvalue weighted by atomic mass is 10.1. The van der Waals surface area contributed by atoms with Crippen molar-refractivity contribution in [3.8, 4) is 0 Å². The number of nitrogens with zero attached hydrogens (tertiary/aromatic N) is 1. The highest BCUT2D eigenvalue weighted by Gasteiger charge is 2.02. The molecule has 0 heterocycles. The first-order valence-electron chi connectivity index (χ1n) is 6.70. The summed E-state index contributed by atoms with van der Waals surface area (Å²) in [5.74, 6) is 0. The van der Waals surface area contributed by atoms with E-state index in [-0.39, 0.29) is 0 Å². The molecule has 0 radical (unpaired) electrons. The quantitative estimate of drug-likeness (QED) is 0.563. The average molecular weight is 214 g/mol. The molecule has 15 heavy (non-hydrogen) atoms. The third-order valence-corrected chi connectivity index (χ3v) is 3.06. The maximum absolute atomic E-state index is 3.60. The number of likely N-dealkylation sites (N-methyl/N-ethyl adjacent to an activating group) is 1. The molecule has 0 aromatic carbocycles. The summed E-state index contributed by atoms with van der Waals surface area (Å²) in [5, 5.41) is 3.60. The van der Waals surface area contributed by atoms with Gasteiger partial charge in [-0.2, -0.15) is 0 Å². The average Bonchev–Trinajstić information content (AvgIpc) is 2.25. The molecule has 2 heteroatoms. The van der Waals surface area contributed by atoms with E-state index < -0.39 is 0 Å². The minimum Gasteiger partial charge on any atom is -0.313 e. The molecule has 0 aromatic rings. The summed E-state index contributed by atoms with van der Waals surface area (Å²) in [6.07, 6.45) is 5.40. The molecule has 0 bridgehead atoms. The lowest BCUT2D eigenvalue weighted by molar-refractivity contribution is 0.295. The Morgan fingerprint density at radius 2 is 1.73 bits per heavy atom. The van der Waals surface area contributed by atoms with Crippen LogP contribution in [0.1, 0.15) is 53.4 Å². The van der Waals surface area contributed by atoms with Gasteiger partial charge in [-0.1, -0.05) is 40.0 Å². The molecule has 92 valence electrons. The molecule has 0 saturated heterocycles. The van der Waals surface area contributed by atoms with E-state index in [9.17, 15) is 0 Å². The van der Waals surface area contributed by atoms with Crippen molar-refractivity contribution in [2.24, 2.45) is 0 Å². The van der Waals surface area contributed by atoms with Crippen molar-refractivity contribution in [2.75, 3.05) is 26.2 Å². The van der Waals surface area contributed by atoms with E-state index in [1.807, 2.05) is 0 Å². The molecule has 0 aliphatic heterocycles. The fourth-order valence-corrected chi connectivity index (χ4v) is 1.81. The van der Waals surface area contributed by atoms with Crippen LogP contribution in [0.15, 0.2) is 0 Å². The summed E-state index contributed by atoms with van der Waals surface area (Å²) in [5.41, 5.74) is 0. The summed E-state index contributed by atoms with van der Waals surface area (Å²) in [6.45, 7) is 13.7. The van der Waals surface area contributed by atoms with Crippen molar-refractivity contribution >= 4 is 0 Å². The van der Waals surface area contributed by atoms with Gasteiger partial charge in [-0.3, -0.25) is 0 Å². The third kappa shape index (κ3) is 8.88. The Morgan fingerprint density at radius 1 is 1.07 bits per heavy atom. The second-order valence-electron chi connectivity index (χ2n) is 4.38. The van der Waals surface area contributed by atoms with E-state index in [0.29, 0.717) is 6.04 Å². The second kappa shape index (κ2) is 10.4. The predicted octanol–water partition coefficient (Wildman–Crippen LogP) is 2.89. The Morgan fingerprint density at radius 3 is 2.27 bits per heavy atom. The Labute approximate surface area is 96.4 Å². The predicted molar refractivity (Wildman–Crippen MR) is 69.4 cm³/mol. The van der Waals surface area contributed by atoms with Gasteiger partial charge in [-0.15, -0.1) is 0 Å². The summed E-state index contributed by atoms with van der Waals surface area (Å²) in [6, 6.07) is 0.687. The van der Waals surface area contributed by atoms with Crippen molar-refractivity contribution in [2.45, 2.75) is 59.4 Å². The standard InChI is InChI=1S/C13H30N2/c1-5-8-9-10-13(4)14-11-12-15(6-2)7-3/h13-14H,5-12H2,1-4H3. The lowest BCUT2D eigenvalue weighted by Gasteiger charge is -2.20. The van der Waals surface area contributed by atoms with E-state index in [4.69, 9.17) is 0 Å². The van der Waals surface area contributed by atoms with Crippen LogP contribution in [-0.4, -0.2) is 37.1 Å². The molecular weight excluding hydrogens is 184 g/mol. The molecule has 1 atom stereocenters. The van der Waals surface area contributed by atoms with Crippen LogP contribution in [0.25, 0.3) is 0 Å². The Kier molecular flexibility index (Phi) is 10.4. The van der Waals surface area contributed by atoms with Crippen molar-refractivity contribution in [3.63, 3.8) is 0 Å². The van der Waals surface area contributed by atoms with E-state index in [2.05, 4.69) is 37.9 Å². The van der Waals surface area contributed by atoms with E-state index in [0.717, 1.165) is 6.54 Å². The van der Waals surface area contributed by atoms with E-state index in [1.54, 1.807) is 0 Å². The van der Waals surface area contributed by atoms with E-state index >= 15 is 0 Å². The Bertz CT molecular complexity index is 122. The van der Waals surface area contributed by atoms with Crippen molar-refractivity contribution < 1.29 is 0 Å². The largest absolute Gasteiger partial charge is 0.313 e. The molecule has 0 aliphatic carbocycles. The number of hydrogen-bond acceptors (Lipinski definition) is 2. The number of rotatable bonds is 10. The molecule has 0 spiro atoms. The monoisotopic (exact) mass is 214 g/mol. The number of nitrogens with one attached hydrogen (secondary N) is 1. The van der Waals surface area contributed by atoms with Gasteiger partial charge in [-0.25, -0.2) is 0 Å². The molecule has 0 aromatic heterocycles. The molecule has 0 aliphatic rings. The first-order chi connectivity index (χ1) is 7.24. The van der Waals surface area contributed by atoms with Gasteiger partial charge in [0.15, 0.2) is 0 Å². The number of unbranched alkanes of at least 4 members (excludes halogenated alkanes) is 2. The molecule has 1 unspecified atom stereocenters. The van der Waals surface area contributed by atoms with Crippen LogP contribution >= 0.6 is 0 Å². The smallest absolute Gasteiger partial charge is 0.0107 e. The first kappa shape index (κ1) is 14.9. The minimum absolute atomic E-state index is 0.687. The highest BCUT2D eigenvalue weighted by Crippen LogP contribution is 2.02. The summed E-state index contributed by atoms with van der Waals surface area (Å²) >= 11 is 0. The van der Waals surface area contributed by atoms with Gasteiger partial charge in [0.25, 0.3) is 0 Å². The minimum atomic E-state index is 0.687. The fraction of sp³-hybridized carbons (Fsp3) is 1.00. The van der Waals surface area contributed by atoms with Crippen LogP contribution in [0.3, 0.4) is 0 Å². The zero-order valence-corrected chi connectivity index (χ0v) is 11.2. The van der Waals surface area contributed by atoms with Gasteiger partial charge in [0.1, 0.15) is 0 Å². The fourth-order valence-electron chi connectivity index (χ4n) is 1.81. The molecular formula is C13H30N2. The summed E-state index contributed by atoms with van der Waals surface area (Å²) in [7, 11) is 0. The van der Waals surface area contributed by atoms with Gasteiger partial charge in [0, 0.05) is 19.1 Å². The zero-order chi connectivity index (χ0) is 11.5. The van der Waals surface area contributed by atoms with Crippen LogP contribution in [0.5, 0.6) is 0 Å². The zero-order valence-electron chi connectivity index (χ0n) is 11.2. The SMILES string of the molecule is CCCCCC(C)NCCN(CC)CC. The summed E-state index contributed by atoms with van der Waals surface area (Å²) in [4.78, 5) is 2.46. The van der Waals surface area contributed by atoms with Gasteiger partial charge in [0.2, 0.25) is 0 Å². The normalized spacial score (nSPS) is 13.4.